The second kappa shape index (κ2) is 7.74. The number of aliphatic hydroxyl groups is 2. The van der Waals surface area contributed by atoms with Gasteiger partial charge in [-0.15, -0.1) is 0 Å². The minimum atomic E-state index is -0.685. The molecule has 1 aromatic heterocycles. The van der Waals surface area contributed by atoms with Crippen molar-refractivity contribution in [2.45, 2.75) is 43.9 Å². The average Bonchev–Trinajstić information content (AvgIpc) is 2.88. The van der Waals surface area contributed by atoms with Crippen molar-refractivity contribution in [1.82, 2.24) is 20.2 Å². The van der Waals surface area contributed by atoms with Crippen LogP contribution >= 0.6 is 0 Å². The van der Waals surface area contributed by atoms with Crippen molar-refractivity contribution in [3.05, 3.63) is 18.6 Å². The number of ether oxygens (including phenoxy) is 1. The van der Waals surface area contributed by atoms with E-state index in [0.717, 1.165) is 32.5 Å². The minimum Gasteiger partial charge on any atom is -0.476 e. The third kappa shape index (κ3) is 4.42. The predicted octanol–water partition coefficient (Wildman–Crippen LogP) is 0.0412. The van der Waals surface area contributed by atoms with E-state index in [-0.39, 0.29) is 5.41 Å². The van der Waals surface area contributed by atoms with Gasteiger partial charge in [-0.2, -0.15) is 0 Å². The van der Waals surface area contributed by atoms with Crippen molar-refractivity contribution >= 4 is 0 Å². The third-order valence-electron chi connectivity index (χ3n) is 5.28. The molecule has 3 atom stereocenters. The number of likely N-dealkylation sites (tertiary alicyclic amines) is 1. The van der Waals surface area contributed by atoms with Crippen molar-refractivity contribution in [2.75, 3.05) is 33.3 Å². The molecule has 3 rings (SSSR count). The molecule has 7 heteroatoms. The SMILES string of the molecule is CN1CCC(NCC2(COc3cnccn3)C[C@@H](O)[C@@H](O)C2)CC1. The Balaban J connectivity index is 1.58. The molecule has 2 heterocycles. The monoisotopic (exact) mass is 336 g/mol. The number of nitrogens with zero attached hydrogens (tertiary/aromatic N) is 3. The molecule has 0 spiro atoms. The van der Waals surface area contributed by atoms with E-state index in [1.807, 2.05) is 0 Å². The fourth-order valence-electron chi connectivity index (χ4n) is 3.72. The van der Waals surface area contributed by atoms with Gasteiger partial charge in [-0.1, -0.05) is 0 Å². The highest BCUT2D eigenvalue weighted by Gasteiger charge is 2.45. The number of aliphatic hydroxyl groups excluding tert-OH is 2. The van der Waals surface area contributed by atoms with Crippen molar-refractivity contribution in [3.63, 3.8) is 0 Å². The van der Waals surface area contributed by atoms with Gasteiger partial charge in [0.2, 0.25) is 5.88 Å². The highest BCUT2D eigenvalue weighted by molar-refractivity contribution is 5.04. The third-order valence-corrected chi connectivity index (χ3v) is 5.28. The van der Waals surface area contributed by atoms with Crippen LogP contribution in [0.1, 0.15) is 25.7 Å². The molecule has 1 saturated heterocycles. The maximum atomic E-state index is 10.0. The molecule has 0 aromatic carbocycles. The highest BCUT2D eigenvalue weighted by atomic mass is 16.5. The summed E-state index contributed by atoms with van der Waals surface area (Å²) in [5.74, 6) is 0.479. The van der Waals surface area contributed by atoms with Crippen molar-refractivity contribution in [2.24, 2.45) is 5.41 Å². The molecule has 3 N–H and O–H groups in total. The number of hydrogen-bond acceptors (Lipinski definition) is 7. The van der Waals surface area contributed by atoms with Crippen LogP contribution in [0.3, 0.4) is 0 Å². The number of nitrogens with one attached hydrogen (secondary N) is 1. The van der Waals surface area contributed by atoms with Gasteiger partial charge in [-0.3, -0.25) is 4.98 Å². The summed E-state index contributed by atoms with van der Waals surface area (Å²) in [5, 5.41) is 23.7. The van der Waals surface area contributed by atoms with Crippen LogP contribution in [0.5, 0.6) is 5.88 Å². The Morgan fingerprint density at radius 3 is 2.58 bits per heavy atom. The van der Waals surface area contributed by atoms with Crippen LogP contribution in [0.4, 0.5) is 0 Å². The molecule has 1 unspecified atom stereocenters. The summed E-state index contributed by atoms with van der Waals surface area (Å²) in [6.45, 7) is 3.35. The van der Waals surface area contributed by atoms with Crippen molar-refractivity contribution in [3.8, 4) is 5.88 Å². The fourth-order valence-corrected chi connectivity index (χ4v) is 3.72. The van der Waals surface area contributed by atoms with Gasteiger partial charge < -0.3 is 25.2 Å². The van der Waals surface area contributed by atoms with E-state index >= 15 is 0 Å². The maximum Gasteiger partial charge on any atom is 0.232 e. The molecule has 2 fully saturated rings. The summed E-state index contributed by atoms with van der Waals surface area (Å²) in [5.41, 5.74) is -0.278. The van der Waals surface area contributed by atoms with Gasteiger partial charge >= 0.3 is 0 Å². The van der Waals surface area contributed by atoms with Crippen molar-refractivity contribution < 1.29 is 14.9 Å². The first kappa shape index (κ1) is 17.5. The summed E-state index contributed by atoms with van der Waals surface area (Å²) in [6.07, 6.45) is 6.74. The lowest BCUT2D eigenvalue weighted by atomic mass is 9.86. The molecule has 1 aliphatic carbocycles. The van der Waals surface area contributed by atoms with E-state index < -0.39 is 12.2 Å². The van der Waals surface area contributed by atoms with Gasteiger partial charge in [0.1, 0.15) is 0 Å². The molecule has 7 nitrogen and oxygen atoms in total. The topological polar surface area (TPSA) is 90.7 Å². The number of aromatic nitrogens is 2. The molecule has 1 aliphatic heterocycles. The molecule has 24 heavy (non-hydrogen) atoms. The number of hydrogen-bond donors (Lipinski definition) is 3. The normalized spacial score (nSPS) is 32.1. The van der Waals surface area contributed by atoms with Gasteiger partial charge in [-0.25, -0.2) is 4.98 Å². The second-order valence-corrected chi connectivity index (χ2v) is 7.33. The van der Waals surface area contributed by atoms with Crippen LogP contribution in [-0.2, 0) is 0 Å². The average molecular weight is 336 g/mol. The Hall–Kier alpha value is -1.28. The van der Waals surface area contributed by atoms with E-state index in [9.17, 15) is 10.2 Å². The van der Waals surface area contributed by atoms with Gasteiger partial charge in [0, 0.05) is 30.4 Å². The van der Waals surface area contributed by atoms with Crippen LogP contribution in [0.25, 0.3) is 0 Å². The first-order valence-corrected chi connectivity index (χ1v) is 8.73. The Morgan fingerprint density at radius 1 is 1.25 bits per heavy atom. The minimum absolute atomic E-state index is 0.278. The molecule has 1 aromatic rings. The molecular formula is C17H28N4O3. The lowest BCUT2D eigenvalue weighted by Gasteiger charge is -2.34. The van der Waals surface area contributed by atoms with E-state index in [2.05, 4.69) is 27.2 Å². The smallest absolute Gasteiger partial charge is 0.232 e. The van der Waals surface area contributed by atoms with E-state index in [0.29, 0.717) is 31.4 Å². The van der Waals surface area contributed by atoms with Gasteiger partial charge in [0.05, 0.1) is 25.0 Å². The van der Waals surface area contributed by atoms with Crippen LogP contribution < -0.4 is 10.1 Å². The van der Waals surface area contributed by atoms with Gasteiger partial charge in [0.25, 0.3) is 0 Å². The molecule has 0 bridgehead atoms. The summed E-state index contributed by atoms with van der Waals surface area (Å²) in [7, 11) is 2.15. The molecule has 134 valence electrons. The predicted molar refractivity (Wildman–Crippen MR) is 89.7 cm³/mol. The van der Waals surface area contributed by atoms with E-state index in [1.54, 1.807) is 18.6 Å². The van der Waals surface area contributed by atoms with Crippen molar-refractivity contribution in [1.29, 1.82) is 0 Å². The highest BCUT2D eigenvalue weighted by Crippen LogP contribution is 2.38. The second-order valence-electron chi connectivity index (χ2n) is 7.33. The van der Waals surface area contributed by atoms with Crippen LogP contribution in [0, 0.1) is 5.41 Å². The summed E-state index contributed by atoms with van der Waals surface area (Å²) < 4.78 is 5.80. The van der Waals surface area contributed by atoms with E-state index in [4.69, 9.17) is 4.74 Å². The summed E-state index contributed by atoms with van der Waals surface area (Å²) in [6, 6.07) is 0.490. The lowest BCUT2D eigenvalue weighted by Crippen LogP contribution is -2.46. The first-order valence-electron chi connectivity index (χ1n) is 8.73. The zero-order valence-corrected chi connectivity index (χ0v) is 14.3. The lowest BCUT2D eigenvalue weighted by molar-refractivity contribution is 0.0438. The van der Waals surface area contributed by atoms with Gasteiger partial charge in [-0.05, 0) is 45.8 Å². The fraction of sp³-hybridized carbons (Fsp3) is 0.765. The van der Waals surface area contributed by atoms with E-state index in [1.165, 1.54) is 0 Å². The Bertz CT molecular complexity index is 498. The Kier molecular flexibility index (Phi) is 5.65. The first-order chi connectivity index (χ1) is 11.6. The zero-order chi connectivity index (χ0) is 17.0. The van der Waals surface area contributed by atoms with Crippen LogP contribution in [0.15, 0.2) is 18.6 Å². The quantitative estimate of drug-likeness (QED) is 0.676. The Morgan fingerprint density at radius 2 is 1.96 bits per heavy atom. The Labute approximate surface area is 143 Å². The number of piperidine rings is 1. The molecule has 2 aliphatic rings. The molecule has 0 amide bonds. The largest absolute Gasteiger partial charge is 0.476 e. The van der Waals surface area contributed by atoms with Crippen LogP contribution in [-0.4, -0.2) is 76.6 Å². The van der Waals surface area contributed by atoms with Gasteiger partial charge in [0.15, 0.2) is 0 Å². The summed E-state index contributed by atoms with van der Waals surface area (Å²) in [4.78, 5) is 10.5. The maximum absolute atomic E-state index is 10.0. The standard InChI is InChI=1S/C17H28N4O3/c1-21-6-2-13(3-7-21)20-11-17(8-14(22)15(23)9-17)12-24-16-10-18-4-5-19-16/h4-5,10,13-15,20,22-23H,2-3,6-9,11-12H2,1H3/t14-,15+,17?. The number of rotatable bonds is 6. The molecular weight excluding hydrogens is 308 g/mol. The molecule has 0 radical (unpaired) electrons. The zero-order valence-electron chi connectivity index (χ0n) is 14.3. The summed E-state index contributed by atoms with van der Waals surface area (Å²) >= 11 is 0. The molecule has 1 saturated carbocycles. The van der Waals surface area contributed by atoms with Crippen LogP contribution in [0.2, 0.25) is 0 Å².